The Morgan fingerprint density at radius 3 is 2.64 bits per heavy atom. The van der Waals surface area contributed by atoms with Crippen LogP contribution in [-0.2, 0) is 4.79 Å². The second-order valence-electron chi connectivity index (χ2n) is 7.27. The molecule has 0 fully saturated rings. The van der Waals surface area contributed by atoms with Crippen molar-refractivity contribution in [3.05, 3.63) is 47.8 Å². The molecule has 36 heavy (non-hydrogen) atoms. The molecular weight excluding hydrogens is 485 g/mol. The number of aliphatic carboxylic acids is 1. The Morgan fingerprint density at radius 1 is 1.28 bits per heavy atom. The van der Waals surface area contributed by atoms with Crippen LogP contribution >= 0.6 is 0 Å². The van der Waals surface area contributed by atoms with Crippen molar-refractivity contribution < 1.29 is 37.3 Å². The van der Waals surface area contributed by atoms with E-state index in [1.54, 1.807) is 25.4 Å². The Kier molecular flexibility index (Phi) is 8.42. The lowest BCUT2D eigenvalue weighted by molar-refractivity contribution is -0.192. The summed E-state index contributed by atoms with van der Waals surface area (Å²) in [4.78, 5) is 36.7. The molecule has 192 valence electrons. The molecule has 0 unspecified atom stereocenters. The summed E-state index contributed by atoms with van der Waals surface area (Å²) in [6.07, 6.45) is -1.22. The second-order valence-corrected chi connectivity index (χ2v) is 7.27. The number of ether oxygens (including phenoxy) is 2. The lowest BCUT2D eigenvalue weighted by Crippen LogP contribution is -2.47. The molecule has 4 N–H and O–H groups in total. The summed E-state index contributed by atoms with van der Waals surface area (Å²) in [7, 11) is 1.57. The molecule has 0 aliphatic carbocycles. The third-order valence-electron chi connectivity index (χ3n) is 4.85. The van der Waals surface area contributed by atoms with Gasteiger partial charge in [-0.3, -0.25) is 25.0 Å². The van der Waals surface area contributed by atoms with Gasteiger partial charge in [0.1, 0.15) is 11.5 Å². The zero-order valence-corrected chi connectivity index (χ0v) is 19.1. The van der Waals surface area contributed by atoms with E-state index in [0.29, 0.717) is 55.0 Å². The molecule has 4 rings (SSSR count). The van der Waals surface area contributed by atoms with Gasteiger partial charge in [-0.2, -0.15) is 13.2 Å². The van der Waals surface area contributed by atoms with Crippen LogP contribution in [0.2, 0.25) is 0 Å². The normalized spacial score (nSPS) is 13.9. The molecule has 1 amide bonds. The van der Waals surface area contributed by atoms with E-state index in [9.17, 15) is 18.0 Å². The van der Waals surface area contributed by atoms with Crippen molar-refractivity contribution in [1.29, 1.82) is 0 Å². The highest BCUT2D eigenvalue weighted by Gasteiger charge is 2.38. The van der Waals surface area contributed by atoms with E-state index in [0.717, 1.165) is 17.8 Å². The number of nitrogens with two attached hydrogens (primary N) is 1. The zero-order chi connectivity index (χ0) is 26.3. The van der Waals surface area contributed by atoms with Crippen molar-refractivity contribution in [2.24, 2.45) is 15.7 Å². The van der Waals surface area contributed by atoms with E-state index < -0.39 is 12.1 Å². The fraction of sp³-hybridized carbons (Fsp3) is 0.318. The molecule has 0 radical (unpaired) electrons. The van der Waals surface area contributed by atoms with E-state index in [2.05, 4.69) is 15.3 Å². The van der Waals surface area contributed by atoms with Crippen molar-refractivity contribution in [3.8, 4) is 11.5 Å². The summed E-state index contributed by atoms with van der Waals surface area (Å²) in [5, 5.41) is 10.00. The summed E-state index contributed by atoms with van der Waals surface area (Å²) in [6, 6.07) is 7.17. The number of aromatic nitrogens is 1. The van der Waals surface area contributed by atoms with E-state index in [4.69, 9.17) is 30.1 Å². The minimum atomic E-state index is -5.08. The molecule has 2 aliphatic rings. The molecule has 0 atom stereocenters. The fourth-order valence-corrected chi connectivity index (χ4v) is 3.24. The number of pyridine rings is 1. The number of amidine groups is 1. The van der Waals surface area contributed by atoms with Crippen LogP contribution in [0.15, 0.2) is 46.6 Å². The van der Waals surface area contributed by atoms with Crippen molar-refractivity contribution in [3.63, 3.8) is 0 Å². The zero-order valence-electron chi connectivity index (χ0n) is 19.1. The van der Waals surface area contributed by atoms with Crippen LogP contribution in [-0.4, -0.2) is 78.2 Å². The number of nitrogens with zero attached hydrogens (tertiary/aromatic N) is 4. The number of carboxylic acids is 1. The lowest BCUT2D eigenvalue weighted by atomic mass is 10.1. The first-order valence-electron chi connectivity index (χ1n) is 10.6. The average molecular weight is 508 g/mol. The lowest BCUT2D eigenvalue weighted by Gasteiger charge is -2.28. The molecule has 1 aromatic carbocycles. The van der Waals surface area contributed by atoms with Gasteiger partial charge in [-0.25, -0.2) is 9.79 Å². The van der Waals surface area contributed by atoms with Gasteiger partial charge in [-0.15, -0.1) is 0 Å². The van der Waals surface area contributed by atoms with Gasteiger partial charge in [0.15, 0.2) is 11.5 Å². The van der Waals surface area contributed by atoms with Crippen LogP contribution in [0.25, 0.3) is 0 Å². The quantitative estimate of drug-likeness (QED) is 0.501. The van der Waals surface area contributed by atoms with Crippen LogP contribution in [0, 0.1) is 0 Å². The van der Waals surface area contributed by atoms with Gasteiger partial charge >= 0.3 is 12.1 Å². The summed E-state index contributed by atoms with van der Waals surface area (Å²) in [6.45, 7) is 2.28. The van der Waals surface area contributed by atoms with E-state index in [-0.39, 0.29) is 5.91 Å². The first-order chi connectivity index (χ1) is 17.2. The summed E-state index contributed by atoms with van der Waals surface area (Å²) < 4.78 is 43.1. The van der Waals surface area contributed by atoms with Gasteiger partial charge < -0.3 is 20.3 Å². The SMILES string of the molecule is COc1c(OCCCN)ccc2c1N=C(NC(=O)c1cccnc1)N1CCN=C21.O=C(O)C(F)(F)F. The number of nitrogens with one attached hydrogen (secondary N) is 1. The molecule has 3 heterocycles. The number of methoxy groups -OCH3 is 1. The Hall–Kier alpha value is -4.20. The summed E-state index contributed by atoms with van der Waals surface area (Å²) in [5.41, 5.74) is 7.41. The minimum Gasteiger partial charge on any atom is -0.491 e. The van der Waals surface area contributed by atoms with Gasteiger partial charge in [0.2, 0.25) is 5.96 Å². The Labute approximate surface area is 203 Å². The number of carboxylic acid groups (broad SMARTS) is 1. The van der Waals surface area contributed by atoms with Crippen LogP contribution < -0.4 is 20.5 Å². The molecule has 2 aromatic rings. The van der Waals surface area contributed by atoms with Crippen LogP contribution in [0.4, 0.5) is 18.9 Å². The van der Waals surface area contributed by atoms with Gasteiger partial charge in [0.25, 0.3) is 5.91 Å². The van der Waals surface area contributed by atoms with E-state index in [1.807, 2.05) is 17.0 Å². The number of carbonyl (C=O) groups excluding carboxylic acids is 1. The molecule has 0 spiro atoms. The molecule has 0 bridgehead atoms. The third kappa shape index (κ3) is 6.07. The molecule has 11 nitrogen and oxygen atoms in total. The maximum atomic E-state index is 12.6. The Bertz CT molecular complexity index is 1170. The number of hydrogen-bond acceptors (Lipinski definition) is 9. The molecule has 1 aromatic heterocycles. The number of benzene rings is 1. The molecule has 14 heteroatoms. The molecule has 0 saturated heterocycles. The van der Waals surface area contributed by atoms with Gasteiger partial charge in [0, 0.05) is 24.5 Å². The molecular formula is C22H23F3N6O5. The van der Waals surface area contributed by atoms with Crippen LogP contribution in [0.5, 0.6) is 11.5 Å². The predicted octanol–water partition coefficient (Wildman–Crippen LogP) is 1.94. The average Bonchev–Trinajstić information content (AvgIpc) is 3.35. The van der Waals surface area contributed by atoms with E-state index in [1.165, 1.54) is 6.20 Å². The topological polar surface area (TPSA) is 152 Å². The third-order valence-corrected chi connectivity index (χ3v) is 4.85. The van der Waals surface area contributed by atoms with Crippen LogP contribution in [0.1, 0.15) is 22.3 Å². The van der Waals surface area contributed by atoms with Crippen LogP contribution in [0.3, 0.4) is 0 Å². The Morgan fingerprint density at radius 2 is 2.03 bits per heavy atom. The number of alkyl halides is 3. The maximum absolute atomic E-state index is 12.6. The first kappa shape index (κ1) is 26.4. The number of hydrogen-bond donors (Lipinski definition) is 3. The number of amides is 1. The number of guanidine groups is 1. The van der Waals surface area contributed by atoms with Gasteiger partial charge in [-0.1, -0.05) is 0 Å². The van der Waals surface area contributed by atoms with Crippen molar-refractivity contribution >= 4 is 29.4 Å². The standard InChI is InChI=1S/C20H22N6O3.C2HF3O2/c1-28-17-15(29-11-3-7-21)6-5-14-16(17)24-20(26-10-9-23-18(14)26)25-19(27)13-4-2-8-22-12-13;3-2(4,5)1(6)7/h2,4-6,8,12H,3,7,9-11,21H2,1H3,(H,24,25,27);(H,6,7). The highest BCUT2D eigenvalue weighted by molar-refractivity contribution is 6.20. The number of fused-ring (bicyclic) bond motifs is 3. The largest absolute Gasteiger partial charge is 0.491 e. The number of aliphatic imine (C=N–C) groups is 2. The minimum absolute atomic E-state index is 0.291. The Balaban J connectivity index is 0.000000454. The maximum Gasteiger partial charge on any atom is 0.490 e. The fourth-order valence-electron chi connectivity index (χ4n) is 3.24. The number of halogens is 3. The number of rotatable bonds is 6. The summed E-state index contributed by atoms with van der Waals surface area (Å²) >= 11 is 0. The highest BCUT2D eigenvalue weighted by atomic mass is 19.4. The van der Waals surface area contributed by atoms with Crippen molar-refractivity contribution in [2.45, 2.75) is 12.6 Å². The van der Waals surface area contributed by atoms with E-state index >= 15 is 0 Å². The predicted molar refractivity (Wildman–Crippen MR) is 123 cm³/mol. The van der Waals surface area contributed by atoms with Crippen molar-refractivity contribution in [2.75, 3.05) is 33.4 Å². The second kappa shape index (κ2) is 11.5. The molecule has 0 saturated carbocycles. The molecule has 2 aliphatic heterocycles. The van der Waals surface area contributed by atoms with Crippen molar-refractivity contribution in [1.82, 2.24) is 15.2 Å². The summed E-state index contributed by atoms with van der Waals surface area (Å²) in [5.74, 6) is -0.813. The first-order valence-corrected chi connectivity index (χ1v) is 10.6. The highest BCUT2D eigenvalue weighted by Crippen LogP contribution is 2.43. The van der Waals surface area contributed by atoms with Gasteiger partial charge in [-0.05, 0) is 37.2 Å². The smallest absolute Gasteiger partial charge is 0.490 e. The monoisotopic (exact) mass is 508 g/mol. The van der Waals surface area contributed by atoms with Gasteiger partial charge in [0.05, 0.1) is 25.8 Å². The number of carbonyl (C=O) groups is 2.